The zero-order chi connectivity index (χ0) is 27.9. The maximum Gasteiger partial charge on any atom is 0.416 e. The normalized spacial score (nSPS) is 15.5. The third-order valence-electron chi connectivity index (χ3n) is 7.06. The molecular weight excluding hydrogens is 514 g/mol. The summed E-state index contributed by atoms with van der Waals surface area (Å²) >= 11 is 0. The maximum atomic E-state index is 14.7. The molecule has 11 heteroatoms. The molecule has 0 bridgehead atoms. The molecule has 0 spiro atoms. The van der Waals surface area contributed by atoms with Crippen LogP contribution in [-0.4, -0.2) is 35.2 Å². The van der Waals surface area contributed by atoms with Gasteiger partial charge in [-0.3, -0.25) is 13.9 Å². The minimum absolute atomic E-state index is 0.115. The number of fused-ring (bicyclic) bond motifs is 1. The lowest BCUT2D eigenvalue weighted by Crippen LogP contribution is -2.30. The second-order valence-corrected chi connectivity index (χ2v) is 9.28. The number of nitriles is 1. The number of aromatic nitrogens is 2. The zero-order valence-corrected chi connectivity index (χ0v) is 20.8. The van der Waals surface area contributed by atoms with Crippen LogP contribution in [0, 0.1) is 17.1 Å². The summed E-state index contributed by atoms with van der Waals surface area (Å²) in [5.41, 5.74) is -0.528. The van der Waals surface area contributed by atoms with Gasteiger partial charge in [-0.2, -0.15) is 18.4 Å². The molecule has 39 heavy (non-hydrogen) atoms. The number of rotatable bonds is 5. The summed E-state index contributed by atoms with van der Waals surface area (Å²) < 4.78 is 58.6. The number of alkyl halides is 3. The van der Waals surface area contributed by atoms with E-state index in [2.05, 4.69) is 5.32 Å². The van der Waals surface area contributed by atoms with E-state index in [4.69, 9.17) is 0 Å². The molecular formula is C28H23F4N5O2. The molecule has 3 aromatic carbocycles. The van der Waals surface area contributed by atoms with Gasteiger partial charge < -0.3 is 10.2 Å². The Morgan fingerprint density at radius 2 is 1.85 bits per heavy atom. The zero-order valence-electron chi connectivity index (χ0n) is 20.8. The number of anilines is 1. The van der Waals surface area contributed by atoms with Crippen LogP contribution >= 0.6 is 0 Å². The summed E-state index contributed by atoms with van der Waals surface area (Å²) in [6.45, 7) is 0.137. The van der Waals surface area contributed by atoms with E-state index in [1.165, 1.54) is 58.6 Å². The fourth-order valence-corrected chi connectivity index (χ4v) is 5.34. The van der Waals surface area contributed by atoms with Crippen molar-refractivity contribution in [3.8, 4) is 6.07 Å². The van der Waals surface area contributed by atoms with Gasteiger partial charge in [-0.05, 0) is 42.3 Å². The number of halogens is 4. The van der Waals surface area contributed by atoms with Crippen molar-refractivity contribution in [2.45, 2.75) is 25.2 Å². The van der Waals surface area contributed by atoms with E-state index in [0.717, 1.165) is 6.07 Å². The van der Waals surface area contributed by atoms with Crippen molar-refractivity contribution in [3.63, 3.8) is 0 Å². The number of amides is 1. The predicted molar refractivity (Wildman–Crippen MR) is 137 cm³/mol. The average Bonchev–Trinajstić information content (AvgIpc) is 3.50. The van der Waals surface area contributed by atoms with Crippen LogP contribution in [0.25, 0.3) is 11.0 Å². The molecule has 0 radical (unpaired) electrons. The van der Waals surface area contributed by atoms with Gasteiger partial charge in [-0.25, -0.2) is 9.18 Å². The van der Waals surface area contributed by atoms with Crippen LogP contribution in [0.2, 0.25) is 0 Å². The van der Waals surface area contributed by atoms with Crippen molar-refractivity contribution in [3.05, 3.63) is 99.2 Å². The summed E-state index contributed by atoms with van der Waals surface area (Å²) in [5.74, 6) is -1.05. The number of hydrogen-bond donors (Lipinski definition) is 1. The molecule has 1 saturated heterocycles. The third kappa shape index (κ3) is 4.52. The Hall–Kier alpha value is -4.59. The fourth-order valence-electron chi connectivity index (χ4n) is 5.34. The molecule has 4 aromatic rings. The first-order valence-corrected chi connectivity index (χ1v) is 12.2. The largest absolute Gasteiger partial charge is 0.416 e. The van der Waals surface area contributed by atoms with Crippen LogP contribution in [0.3, 0.4) is 0 Å². The van der Waals surface area contributed by atoms with Crippen molar-refractivity contribution < 1.29 is 22.4 Å². The number of para-hydroxylation sites is 2. The topological polar surface area (TPSA) is 83.1 Å². The van der Waals surface area contributed by atoms with Gasteiger partial charge in [0.1, 0.15) is 11.9 Å². The first-order valence-electron chi connectivity index (χ1n) is 12.2. The Bertz CT molecular complexity index is 1680. The van der Waals surface area contributed by atoms with E-state index in [9.17, 15) is 32.4 Å². The van der Waals surface area contributed by atoms with E-state index < -0.39 is 41.7 Å². The molecule has 1 amide bonds. The van der Waals surface area contributed by atoms with Gasteiger partial charge in [0.2, 0.25) is 0 Å². The molecule has 1 atom stereocenters. The third-order valence-corrected chi connectivity index (χ3v) is 7.06. The quantitative estimate of drug-likeness (QED) is 0.375. The lowest BCUT2D eigenvalue weighted by atomic mass is 10.1. The van der Waals surface area contributed by atoms with E-state index >= 15 is 0 Å². The predicted octanol–water partition coefficient (Wildman–Crippen LogP) is 4.69. The number of nitrogens with one attached hydrogen (secondary N) is 1. The van der Waals surface area contributed by atoms with Gasteiger partial charge in [0.15, 0.2) is 0 Å². The van der Waals surface area contributed by atoms with Gasteiger partial charge in [0, 0.05) is 20.1 Å². The average molecular weight is 538 g/mol. The van der Waals surface area contributed by atoms with Gasteiger partial charge >= 0.3 is 11.9 Å². The van der Waals surface area contributed by atoms with E-state index in [1.807, 2.05) is 6.07 Å². The molecule has 1 aliphatic heterocycles. The molecule has 5 rings (SSSR count). The molecule has 1 aromatic heterocycles. The van der Waals surface area contributed by atoms with Crippen LogP contribution in [0.1, 0.15) is 39.5 Å². The molecule has 0 unspecified atom stereocenters. The van der Waals surface area contributed by atoms with E-state index in [0.29, 0.717) is 18.5 Å². The highest BCUT2D eigenvalue weighted by molar-refractivity contribution is 6.05. The monoisotopic (exact) mass is 537 g/mol. The summed E-state index contributed by atoms with van der Waals surface area (Å²) in [7, 11) is 1.43. The molecule has 7 nitrogen and oxygen atoms in total. The second-order valence-electron chi connectivity index (χ2n) is 9.28. The molecule has 1 fully saturated rings. The lowest BCUT2D eigenvalue weighted by Gasteiger charge is -2.21. The molecule has 1 aliphatic rings. The molecule has 0 aliphatic carbocycles. The minimum atomic E-state index is -4.63. The van der Waals surface area contributed by atoms with Crippen LogP contribution in [-0.2, 0) is 12.7 Å². The minimum Gasteiger partial charge on any atom is -0.366 e. The van der Waals surface area contributed by atoms with Crippen LogP contribution in [0.5, 0.6) is 0 Å². The smallest absolute Gasteiger partial charge is 0.366 e. The first kappa shape index (κ1) is 26.0. The second kappa shape index (κ2) is 9.94. The van der Waals surface area contributed by atoms with Gasteiger partial charge in [0.25, 0.3) is 5.91 Å². The Morgan fingerprint density at radius 1 is 1.10 bits per heavy atom. The Kier molecular flexibility index (Phi) is 6.64. The lowest BCUT2D eigenvalue weighted by molar-refractivity contribution is -0.138. The molecule has 0 saturated carbocycles. The highest BCUT2D eigenvalue weighted by atomic mass is 19.4. The Morgan fingerprint density at radius 3 is 2.56 bits per heavy atom. The number of imidazole rings is 1. The summed E-state index contributed by atoms with van der Waals surface area (Å²) in [6, 6.07) is 15.5. The number of carbonyl (C=O) groups is 1. The maximum absolute atomic E-state index is 14.7. The SMILES string of the molecule is CNC(=O)c1cccc2c1n(Cc1ccccc1C(F)(F)F)c(=O)n2[C@@H]1CCN(c2c(F)cccc2C#N)C1. The van der Waals surface area contributed by atoms with Crippen molar-refractivity contribution in [1.29, 1.82) is 5.26 Å². The number of benzene rings is 3. The Balaban J connectivity index is 1.66. The van der Waals surface area contributed by atoms with E-state index in [-0.39, 0.29) is 34.4 Å². The van der Waals surface area contributed by atoms with Crippen molar-refractivity contribution in [1.82, 2.24) is 14.5 Å². The van der Waals surface area contributed by atoms with Crippen molar-refractivity contribution >= 4 is 22.6 Å². The fraction of sp³-hybridized carbons (Fsp3) is 0.250. The van der Waals surface area contributed by atoms with Crippen LogP contribution in [0.4, 0.5) is 23.2 Å². The molecule has 1 N–H and O–H groups in total. The standard InChI is InChI=1S/C28H23F4N5O2/c1-34-26(38)20-8-5-11-23-25(20)36(15-18-6-2-3-9-21(18)28(30,31)32)27(39)37(23)19-12-13-35(16-19)24-17(14-33)7-4-10-22(24)29/h2-11,19H,12-13,15-16H2,1H3,(H,34,38)/t19-/m1/s1. The van der Waals surface area contributed by atoms with Gasteiger partial charge in [-0.1, -0.05) is 30.3 Å². The first-order chi connectivity index (χ1) is 18.7. The van der Waals surface area contributed by atoms with E-state index in [1.54, 1.807) is 17.0 Å². The van der Waals surface area contributed by atoms with Crippen LogP contribution < -0.4 is 15.9 Å². The highest BCUT2D eigenvalue weighted by Crippen LogP contribution is 2.35. The van der Waals surface area contributed by atoms with Crippen molar-refractivity contribution in [2.75, 3.05) is 25.0 Å². The van der Waals surface area contributed by atoms with Crippen LogP contribution in [0.15, 0.2) is 65.5 Å². The molecule has 2 heterocycles. The van der Waals surface area contributed by atoms with Gasteiger partial charge in [-0.15, -0.1) is 0 Å². The summed E-state index contributed by atoms with van der Waals surface area (Å²) in [6.07, 6.45) is -4.21. The molecule has 200 valence electrons. The van der Waals surface area contributed by atoms with Crippen molar-refractivity contribution in [2.24, 2.45) is 0 Å². The number of hydrogen-bond acceptors (Lipinski definition) is 4. The number of nitrogens with zero attached hydrogens (tertiary/aromatic N) is 4. The number of carbonyl (C=O) groups excluding carboxylic acids is 1. The summed E-state index contributed by atoms with van der Waals surface area (Å²) in [5, 5.41) is 12.0. The van der Waals surface area contributed by atoms with Gasteiger partial charge in [0.05, 0.1) is 46.0 Å². The summed E-state index contributed by atoms with van der Waals surface area (Å²) in [4.78, 5) is 28.3. The Labute approximate surface area is 220 Å². The highest BCUT2D eigenvalue weighted by Gasteiger charge is 2.35.